The maximum Gasteiger partial charge on any atom is 0.252 e. The molecule has 2 N–H and O–H groups in total. The summed E-state index contributed by atoms with van der Waals surface area (Å²) in [5.41, 5.74) is -0.103. The highest BCUT2D eigenvalue weighted by atomic mass is 16.5. The topological polar surface area (TPSA) is 67.0 Å². The van der Waals surface area contributed by atoms with E-state index >= 15 is 0 Å². The van der Waals surface area contributed by atoms with Gasteiger partial charge in [-0.15, -0.1) is 0 Å². The average molecular weight is 237 g/mol. The first-order valence-corrected chi connectivity index (χ1v) is 6.08. The van der Waals surface area contributed by atoms with Crippen LogP contribution in [-0.2, 0) is 4.74 Å². The Labute approximate surface area is 101 Å². The summed E-state index contributed by atoms with van der Waals surface area (Å²) in [7, 11) is 0. The fourth-order valence-corrected chi connectivity index (χ4v) is 1.83. The summed E-state index contributed by atoms with van der Waals surface area (Å²) in [5, 5.41) is 3.21. The first kappa shape index (κ1) is 12.1. The summed E-state index contributed by atoms with van der Waals surface area (Å²) in [6.07, 6.45) is 1.08. The summed E-state index contributed by atoms with van der Waals surface area (Å²) in [6.45, 7) is 6.47. The van der Waals surface area contributed by atoms with Crippen molar-refractivity contribution in [3.63, 3.8) is 0 Å². The molecule has 1 atom stereocenters. The van der Waals surface area contributed by atoms with Gasteiger partial charge in [0.1, 0.15) is 11.6 Å². The van der Waals surface area contributed by atoms with Crippen LogP contribution in [0.25, 0.3) is 0 Å². The van der Waals surface area contributed by atoms with Gasteiger partial charge in [-0.25, -0.2) is 4.98 Å². The van der Waals surface area contributed by atoms with Crippen molar-refractivity contribution >= 4 is 5.82 Å². The van der Waals surface area contributed by atoms with E-state index in [1.165, 1.54) is 6.07 Å². The molecule has 0 radical (unpaired) electrons. The molecule has 1 aromatic rings. The number of ether oxygens (including phenoxy) is 1. The Morgan fingerprint density at radius 1 is 1.65 bits per heavy atom. The number of nitrogens with one attached hydrogen (secondary N) is 2. The van der Waals surface area contributed by atoms with Gasteiger partial charge in [0.05, 0.1) is 6.61 Å². The maximum atomic E-state index is 11.5. The fraction of sp³-hybridized carbons (Fsp3) is 0.667. The largest absolute Gasteiger partial charge is 0.381 e. The van der Waals surface area contributed by atoms with Crippen molar-refractivity contribution in [1.29, 1.82) is 0 Å². The molecule has 0 saturated carbocycles. The van der Waals surface area contributed by atoms with Crippen molar-refractivity contribution in [3.05, 3.63) is 22.2 Å². The number of anilines is 1. The predicted octanol–water partition coefficient (Wildman–Crippen LogP) is 1.34. The molecule has 5 heteroatoms. The molecule has 17 heavy (non-hydrogen) atoms. The van der Waals surface area contributed by atoms with Crippen molar-refractivity contribution in [2.75, 3.05) is 25.1 Å². The van der Waals surface area contributed by atoms with Crippen LogP contribution in [-0.4, -0.2) is 29.7 Å². The van der Waals surface area contributed by atoms with Gasteiger partial charge in [0.15, 0.2) is 0 Å². The van der Waals surface area contributed by atoms with Crippen LogP contribution in [0.1, 0.15) is 32.0 Å². The minimum absolute atomic E-state index is 0.103. The predicted molar refractivity (Wildman–Crippen MR) is 66.4 cm³/mol. The van der Waals surface area contributed by atoms with Gasteiger partial charge < -0.3 is 15.0 Å². The summed E-state index contributed by atoms with van der Waals surface area (Å²) >= 11 is 0. The van der Waals surface area contributed by atoms with Crippen LogP contribution in [0.2, 0.25) is 0 Å². The van der Waals surface area contributed by atoms with Crippen molar-refractivity contribution in [2.24, 2.45) is 5.92 Å². The van der Waals surface area contributed by atoms with E-state index in [1.807, 2.05) is 13.8 Å². The zero-order valence-corrected chi connectivity index (χ0v) is 10.3. The van der Waals surface area contributed by atoms with Crippen molar-refractivity contribution in [2.45, 2.75) is 26.2 Å². The molecule has 2 heterocycles. The molecule has 0 aromatic carbocycles. The number of aromatic amines is 1. The Balaban J connectivity index is 2.02. The van der Waals surface area contributed by atoms with Crippen LogP contribution in [0, 0.1) is 5.92 Å². The zero-order valence-electron chi connectivity index (χ0n) is 10.3. The van der Waals surface area contributed by atoms with Gasteiger partial charge in [-0.2, -0.15) is 0 Å². The highest BCUT2D eigenvalue weighted by Crippen LogP contribution is 2.14. The Bertz CT molecular complexity index is 422. The maximum absolute atomic E-state index is 11.5. The summed E-state index contributed by atoms with van der Waals surface area (Å²) in [4.78, 5) is 18.6. The third-order valence-corrected chi connectivity index (χ3v) is 2.90. The summed E-state index contributed by atoms with van der Waals surface area (Å²) in [5.74, 6) is 2.13. The second kappa shape index (κ2) is 5.31. The van der Waals surface area contributed by atoms with Crippen LogP contribution < -0.4 is 10.9 Å². The molecule has 1 fully saturated rings. The monoisotopic (exact) mass is 237 g/mol. The smallest absolute Gasteiger partial charge is 0.252 e. The van der Waals surface area contributed by atoms with Gasteiger partial charge in [-0.05, 0) is 6.42 Å². The normalized spacial score (nSPS) is 19.8. The van der Waals surface area contributed by atoms with Crippen LogP contribution >= 0.6 is 0 Å². The third-order valence-electron chi connectivity index (χ3n) is 2.90. The third kappa shape index (κ3) is 3.30. The SMILES string of the molecule is CC(C)c1nc(NCC2CCOC2)cc(=O)[nH]1. The fourth-order valence-electron chi connectivity index (χ4n) is 1.83. The van der Waals surface area contributed by atoms with Crippen LogP contribution in [0.3, 0.4) is 0 Å². The van der Waals surface area contributed by atoms with Gasteiger partial charge in [0, 0.05) is 31.1 Å². The van der Waals surface area contributed by atoms with Crippen LogP contribution in [0.4, 0.5) is 5.82 Å². The van der Waals surface area contributed by atoms with E-state index in [4.69, 9.17) is 4.74 Å². The van der Waals surface area contributed by atoms with E-state index < -0.39 is 0 Å². The van der Waals surface area contributed by atoms with Crippen molar-refractivity contribution in [1.82, 2.24) is 9.97 Å². The van der Waals surface area contributed by atoms with Crippen molar-refractivity contribution in [3.8, 4) is 0 Å². The lowest BCUT2D eigenvalue weighted by molar-refractivity contribution is 0.187. The average Bonchev–Trinajstić information content (AvgIpc) is 2.78. The molecular weight excluding hydrogens is 218 g/mol. The minimum Gasteiger partial charge on any atom is -0.381 e. The number of rotatable bonds is 4. The summed E-state index contributed by atoms with van der Waals surface area (Å²) in [6, 6.07) is 1.50. The zero-order chi connectivity index (χ0) is 12.3. The van der Waals surface area contributed by atoms with Gasteiger partial charge in [-0.3, -0.25) is 4.79 Å². The molecular formula is C12H19N3O2. The molecule has 1 aromatic heterocycles. The van der Waals surface area contributed by atoms with Crippen LogP contribution in [0.5, 0.6) is 0 Å². The molecule has 1 aliphatic heterocycles. The molecule has 94 valence electrons. The number of nitrogens with zero attached hydrogens (tertiary/aromatic N) is 1. The second-order valence-electron chi connectivity index (χ2n) is 4.78. The van der Waals surface area contributed by atoms with Crippen molar-refractivity contribution < 1.29 is 4.74 Å². The highest BCUT2D eigenvalue weighted by molar-refractivity contribution is 5.33. The lowest BCUT2D eigenvalue weighted by Crippen LogP contribution is -2.19. The van der Waals surface area contributed by atoms with E-state index in [1.54, 1.807) is 0 Å². The van der Waals surface area contributed by atoms with E-state index in [-0.39, 0.29) is 11.5 Å². The Morgan fingerprint density at radius 2 is 2.47 bits per heavy atom. The number of aromatic nitrogens is 2. The molecule has 2 rings (SSSR count). The van der Waals surface area contributed by atoms with E-state index in [0.717, 1.165) is 32.0 Å². The Kier molecular flexibility index (Phi) is 3.78. The molecule has 1 saturated heterocycles. The molecule has 1 aliphatic rings. The lowest BCUT2D eigenvalue weighted by atomic mass is 10.1. The van der Waals surface area contributed by atoms with Crippen LogP contribution in [0.15, 0.2) is 10.9 Å². The Morgan fingerprint density at radius 3 is 3.12 bits per heavy atom. The standard InChI is InChI=1S/C12H19N3O2/c1-8(2)12-14-10(5-11(16)15-12)13-6-9-3-4-17-7-9/h5,8-9H,3-4,6-7H2,1-2H3,(H2,13,14,15,16). The number of hydrogen-bond donors (Lipinski definition) is 2. The quantitative estimate of drug-likeness (QED) is 0.829. The molecule has 0 bridgehead atoms. The molecule has 5 nitrogen and oxygen atoms in total. The van der Waals surface area contributed by atoms with Gasteiger partial charge in [0.25, 0.3) is 5.56 Å². The van der Waals surface area contributed by atoms with Gasteiger partial charge >= 0.3 is 0 Å². The first-order valence-electron chi connectivity index (χ1n) is 6.08. The first-order chi connectivity index (χ1) is 8.15. The number of H-pyrrole nitrogens is 1. The second-order valence-corrected chi connectivity index (χ2v) is 4.78. The minimum atomic E-state index is -0.103. The highest BCUT2D eigenvalue weighted by Gasteiger charge is 2.15. The molecule has 1 unspecified atom stereocenters. The molecule has 0 amide bonds. The molecule has 0 spiro atoms. The van der Waals surface area contributed by atoms with E-state index in [2.05, 4.69) is 15.3 Å². The Hall–Kier alpha value is -1.36. The van der Waals surface area contributed by atoms with E-state index in [9.17, 15) is 4.79 Å². The summed E-state index contributed by atoms with van der Waals surface area (Å²) < 4.78 is 5.30. The molecule has 0 aliphatic carbocycles. The van der Waals surface area contributed by atoms with E-state index in [0.29, 0.717) is 11.7 Å². The van der Waals surface area contributed by atoms with Gasteiger partial charge in [0.2, 0.25) is 0 Å². The number of hydrogen-bond acceptors (Lipinski definition) is 4. The lowest BCUT2D eigenvalue weighted by Gasteiger charge is -2.11. The van der Waals surface area contributed by atoms with Gasteiger partial charge in [-0.1, -0.05) is 13.8 Å².